The molecule has 0 aromatic heterocycles. The summed E-state index contributed by atoms with van der Waals surface area (Å²) in [6, 6.07) is 0. The van der Waals surface area contributed by atoms with E-state index in [1.165, 1.54) is 25.7 Å². The highest BCUT2D eigenvalue weighted by molar-refractivity contribution is 5.65. The van der Waals surface area contributed by atoms with Crippen LogP contribution in [0.25, 0.3) is 0 Å². The highest BCUT2D eigenvalue weighted by Crippen LogP contribution is 3.20. The summed E-state index contributed by atoms with van der Waals surface area (Å²) in [6.45, 7) is 0. The van der Waals surface area contributed by atoms with Crippen molar-refractivity contribution < 1.29 is 10.2 Å². The second-order valence-electron chi connectivity index (χ2n) is 12.5. The average Bonchev–Trinajstić information content (AvgIpc) is 3.28. The lowest BCUT2D eigenvalue weighted by molar-refractivity contribution is -0.364. The van der Waals surface area contributed by atoms with Crippen molar-refractivity contribution in [2.75, 3.05) is 0 Å². The van der Waals surface area contributed by atoms with E-state index in [9.17, 15) is 10.2 Å². The Morgan fingerprint density at radius 1 is 0.458 bits per heavy atom. The SMILES string of the molecule is OC1[C@H]2C3C4[C@@H]5C(O)[C@H]3C36[C@H]7CC[C@@H]8C9C7[C@H]7CC[C@@H]9C([C@H]14)(C583)C276. The van der Waals surface area contributed by atoms with E-state index in [-0.39, 0.29) is 12.2 Å². The molecule has 124 valence electrons. The summed E-state index contributed by atoms with van der Waals surface area (Å²) in [4.78, 5) is 0. The molecular weight excluding hydrogens is 296 g/mol. The van der Waals surface area contributed by atoms with Gasteiger partial charge in [-0.3, -0.25) is 0 Å². The van der Waals surface area contributed by atoms with Crippen molar-refractivity contribution in [3.05, 3.63) is 0 Å². The minimum atomic E-state index is 0.0434. The summed E-state index contributed by atoms with van der Waals surface area (Å²) < 4.78 is 0. The van der Waals surface area contributed by atoms with Gasteiger partial charge in [-0.15, -0.1) is 0 Å². The molecule has 0 aromatic carbocycles. The van der Waals surface area contributed by atoms with Crippen LogP contribution in [0.2, 0.25) is 0 Å². The van der Waals surface area contributed by atoms with Gasteiger partial charge in [-0.05, 0) is 118 Å². The average molecular weight is 320 g/mol. The minimum Gasteiger partial charge on any atom is -0.392 e. The van der Waals surface area contributed by atoms with Gasteiger partial charge in [-0.1, -0.05) is 0 Å². The summed E-state index contributed by atoms with van der Waals surface area (Å²) in [5.74, 6) is 10.1. The van der Waals surface area contributed by atoms with Crippen LogP contribution < -0.4 is 0 Å². The van der Waals surface area contributed by atoms with Crippen LogP contribution in [0.3, 0.4) is 0 Å². The Bertz CT molecular complexity index is 718. The van der Waals surface area contributed by atoms with Gasteiger partial charge in [0.15, 0.2) is 0 Å². The largest absolute Gasteiger partial charge is 0.392 e. The summed E-state index contributed by atoms with van der Waals surface area (Å²) in [6.07, 6.45) is 6.12. The molecule has 0 aliphatic heterocycles. The highest BCUT2D eigenvalue weighted by atomic mass is 16.3. The van der Waals surface area contributed by atoms with Gasteiger partial charge in [0.25, 0.3) is 0 Å². The van der Waals surface area contributed by atoms with Gasteiger partial charge in [0.2, 0.25) is 0 Å². The van der Waals surface area contributed by atoms with Crippen LogP contribution in [0.15, 0.2) is 0 Å². The van der Waals surface area contributed by atoms with E-state index in [1.54, 1.807) is 0 Å². The second-order valence-corrected chi connectivity index (χ2v) is 12.5. The molecule has 16 aliphatic carbocycles. The zero-order chi connectivity index (χ0) is 14.9. The Kier molecular flexibility index (Phi) is 1.03. The first-order chi connectivity index (χ1) is 11.8. The van der Waals surface area contributed by atoms with Crippen LogP contribution in [0, 0.1) is 92.7 Å². The van der Waals surface area contributed by atoms with Gasteiger partial charge in [-0.2, -0.15) is 0 Å². The summed E-state index contributed by atoms with van der Waals surface area (Å²) in [5, 5.41) is 23.2. The maximum absolute atomic E-state index is 11.6. The zero-order valence-electron chi connectivity index (χ0n) is 13.8. The van der Waals surface area contributed by atoms with E-state index in [4.69, 9.17) is 0 Å². The van der Waals surface area contributed by atoms with Crippen molar-refractivity contribution in [3.63, 3.8) is 0 Å². The molecule has 0 amide bonds. The number of hydrogen-bond donors (Lipinski definition) is 2. The molecule has 14 atom stereocenters. The smallest absolute Gasteiger partial charge is 0.0613 e. The second kappa shape index (κ2) is 2.25. The zero-order valence-corrected chi connectivity index (χ0v) is 13.8. The predicted octanol–water partition coefficient (Wildman–Crippen LogP) is 1.76. The van der Waals surface area contributed by atoms with E-state index < -0.39 is 0 Å². The van der Waals surface area contributed by atoms with Gasteiger partial charge in [-0.25, -0.2) is 0 Å². The van der Waals surface area contributed by atoms with Gasteiger partial charge in [0, 0.05) is 0 Å². The van der Waals surface area contributed by atoms with E-state index in [0.29, 0.717) is 45.3 Å². The van der Waals surface area contributed by atoms with Gasteiger partial charge in [0.1, 0.15) is 0 Å². The monoisotopic (exact) mass is 320 g/mol. The fraction of sp³-hybridized carbons (Fsp3) is 1.00. The van der Waals surface area contributed by atoms with Crippen molar-refractivity contribution >= 4 is 0 Å². The number of rotatable bonds is 0. The van der Waals surface area contributed by atoms with Crippen LogP contribution >= 0.6 is 0 Å². The molecule has 16 rings (SSSR count). The van der Waals surface area contributed by atoms with Crippen LogP contribution in [0.4, 0.5) is 0 Å². The van der Waals surface area contributed by atoms with E-state index in [0.717, 1.165) is 47.3 Å². The van der Waals surface area contributed by atoms with Crippen molar-refractivity contribution in [1.82, 2.24) is 0 Å². The Hall–Kier alpha value is -0.0800. The van der Waals surface area contributed by atoms with Crippen LogP contribution in [-0.2, 0) is 0 Å². The summed E-state index contributed by atoms with van der Waals surface area (Å²) in [5.41, 5.74) is 2.25. The molecule has 24 heavy (non-hydrogen) atoms. The molecule has 0 radical (unpaired) electrons. The van der Waals surface area contributed by atoms with Gasteiger partial charge >= 0.3 is 0 Å². The molecule has 0 heterocycles. The van der Waals surface area contributed by atoms with Gasteiger partial charge in [0.05, 0.1) is 12.2 Å². The molecule has 16 bridgehead atoms. The molecule has 0 aromatic rings. The molecular formula is C22H24O2. The van der Waals surface area contributed by atoms with Crippen molar-refractivity contribution in [1.29, 1.82) is 0 Å². The topological polar surface area (TPSA) is 40.5 Å². The number of aliphatic hydroxyl groups is 2. The predicted molar refractivity (Wildman–Crippen MR) is 82.1 cm³/mol. The van der Waals surface area contributed by atoms with Crippen molar-refractivity contribution in [2.45, 2.75) is 37.9 Å². The first kappa shape index (κ1) is 10.9. The number of hydrogen-bond acceptors (Lipinski definition) is 2. The highest BCUT2D eigenvalue weighted by Gasteiger charge is 3.19. The maximum Gasteiger partial charge on any atom is 0.0613 e. The molecule has 4 spiro atoms. The number of fused-ring (bicyclic) bond motifs is 2. The molecule has 2 heteroatoms. The van der Waals surface area contributed by atoms with Crippen LogP contribution in [0.5, 0.6) is 0 Å². The minimum absolute atomic E-state index is 0.0434. The van der Waals surface area contributed by atoms with E-state index >= 15 is 0 Å². The Morgan fingerprint density at radius 2 is 0.750 bits per heavy atom. The lowest BCUT2D eigenvalue weighted by Gasteiger charge is -2.81. The van der Waals surface area contributed by atoms with Crippen LogP contribution in [-0.4, -0.2) is 22.4 Å². The van der Waals surface area contributed by atoms with Gasteiger partial charge < -0.3 is 10.2 Å². The number of aliphatic hydroxyl groups excluding tert-OH is 2. The molecule has 16 aliphatic rings. The third-order valence-corrected chi connectivity index (χ3v) is 14.6. The lowest BCUT2D eigenvalue weighted by atomic mass is 9.21. The molecule has 0 saturated heterocycles. The molecule has 6 unspecified atom stereocenters. The third-order valence-electron chi connectivity index (χ3n) is 14.6. The Balaban J connectivity index is 1.49. The van der Waals surface area contributed by atoms with E-state index in [2.05, 4.69) is 0 Å². The first-order valence-electron chi connectivity index (χ1n) is 11.1. The molecule has 2 N–H and O–H groups in total. The first-order valence-corrected chi connectivity index (χ1v) is 11.1. The summed E-state index contributed by atoms with van der Waals surface area (Å²) in [7, 11) is 0. The molecule has 16 fully saturated rings. The third kappa shape index (κ3) is 0.427. The normalized spacial score (nSPS) is 99.2. The van der Waals surface area contributed by atoms with Crippen LogP contribution in [0.1, 0.15) is 25.7 Å². The van der Waals surface area contributed by atoms with Crippen molar-refractivity contribution in [2.24, 2.45) is 92.7 Å². The summed E-state index contributed by atoms with van der Waals surface area (Å²) >= 11 is 0. The van der Waals surface area contributed by atoms with Crippen molar-refractivity contribution in [3.8, 4) is 0 Å². The standard InChI is InChI=1S/C22H24O2/c23-17-13-11-12-14(17)20-6-2-1-5-9-7-3-4-8(10(6)9)22(20)16(12)18(24)15(11)21(7,22)19(5,13)20/h5-18,23-24H,1-4H2/t5-,6+,7+,8-,9?,10?,11?,12?,13-,14+,15+,16-,17?,18?,19?,20?,21?,22?. The fourth-order valence-electron chi connectivity index (χ4n) is 17.3. The molecule has 2 nitrogen and oxygen atoms in total. The van der Waals surface area contributed by atoms with E-state index in [1.807, 2.05) is 0 Å². The lowest BCUT2D eigenvalue weighted by Crippen LogP contribution is -2.79. The maximum atomic E-state index is 11.6. The fourth-order valence-corrected chi connectivity index (χ4v) is 17.3. The Labute approximate surface area is 141 Å². The Morgan fingerprint density at radius 3 is 1.04 bits per heavy atom. The quantitative estimate of drug-likeness (QED) is 0.714. The molecule has 16 saturated carbocycles.